The van der Waals surface area contributed by atoms with Gasteiger partial charge in [-0.25, -0.2) is 4.57 Å². The lowest BCUT2D eigenvalue weighted by Gasteiger charge is -2.20. The van der Waals surface area contributed by atoms with Crippen molar-refractivity contribution in [1.82, 2.24) is 4.98 Å². The molecule has 2 unspecified atom stereocenters. The third-order valence-electron chi connectivity index (χ3n) is 4.88. The van der Waals surface area contributed by atoms with E-state index in [1.165, 1.54) is 5.56 Å². The first kappa shape index (κ1) is 27.3. The van der Waals surface area contributed by atoms with Gasteiger partial charge in [-0.1, -0.05) is 66.2 Å². The Balaban J connectivity index is 0.000000861. The average molecular weight is 416 g/mol. The van der Waals surface area contributed by atoms with E-state index < -0.39 is 7.82 Å². The lowest BCUT2D eigenvalue weighted by molar-refractivity contribution is 0.110. The molecule has 1 aromatic heterocycles. The Morgan fingerprint density at radius 3 is 1.64 bits per heavy atom. The predicted octanol–water partition coefficient (Wildman–Crippen LogP) is 6.94. The summed E-state index contributed by atoms with van der Waals surface area (Å²) in [5.74, 6) is 0.687. The maximum atomic E-state index is 11.9. The van der Waals surface area contributed by atoms with Crippen LogP contribution in [0.5, 0.6) is 0 Å². The van der Waals surface area contributed by atoms with Crippen molar-refractivity contribution in [2.24, 2.45) is 11.8 Å². The summed E-state index contributed by atoms with van der Waals surface area (Å²) in [7, 11) is -3.89. The van der Waals surface area contributed by atoms with Crippen LogP contribution in [0.25, 0.3) is 0 Å². The fourth-order valence-corrected chi connectivity index (χ4v) is 3.53. The Morgan fingerprint density at radius 1 is 0.929 bits per heavy atom. The number of nitrogens with zero attached hydrogens (tertiary/aromatic N) is 1. The van der Waals surface area contributed by atoms with Gasteiger partial charge in [-0.05, 0) is 49.3 Å². The van der Waals surface area contributed by atoms with E-state index in [4.69, 9.17) is 9.05 Å². The summed E-state index contributed by atoms with van der Waals surface area (Å²) in [6.07, 6.45) is 12.1. The molecule has 2 atom stereocenters. The third-order valence-corrected chi connectivity index (χ3v) is 5.83. The fraction of sp³-hybridized carbons (Fsp3) is 0.773. The number of pyridine rings is 1. The molecule has 164 valence electrons. The minimum atomic E-state index is -3.89. The van der Waals surface area contributed by atoms with Gasteiger partial charge in [0.1, 0.15) is 0 Å². The average Bonchev–Trinajstić information content (AvgIpc) is 2.69. The first-order valence-corrected chi connectivity index (χ1v) is 12.4. The number of hydrogen-bond acceptors (Lipinski definition) is 4. The number of aryl methyl sites for hydroxylation is 1. The molecule has 0 saturated heterocycles. The predicted molar refractivity (Wildman–Crippen MR) is 117 cm³/mol. The molecule has 1 N–H and O–H groups in total. The zero-order valence-electron chi connectivity index (χ0n) is 18.6. The molecule has 0 spiro atoms. The van der Waals surface area contributed by atoms with E-state index >= 15 is 0 Å². The second-order valence-corrected chi connectivity index (χ2v) is 8.87. The van der Waals surface area contributed by atoms with Gasteiger partial charge in [0.05, 0.1) is 13.2 Å². The Kier molecular flexibility index (Phi) is 16.7. The largest absolute Gasteiger partial charge is 0.472 e. The van der Waals surface area contributed by atoms with Gasteiger partial charge < -0.3 is 4.89 Å². The molecule has 0 bridgehead atoms. The topological polar surface area (TPSA) is 68.7 Å². The zero-order valence-corrected chi connectivity index (χ0v) is 19.5. The molecule has 0 aliphatic rings. The van der Waals surface area contributed by atoms with E-state index in [2.05, 4.69) is 32.7 Å². The van der Waals surface area contributed by atoms with Crippen LogP contribution in [0.4, 0.5) is 0 Å². The van der Waals surface area contributed by atoms with Gasteiger partial charge in [-0.3, -0.25) is 14.0 Å². The highest BCUT2D eigenvalue weighted by atomic mass is 31.2. The molecule has 0 fully saturated rings. The van der Waals surface area contributed by atoms with Crippen molar-refractivity contribution >= 4 is 7.82 Å². The maximum absolute atomic E-state index is 11.9. The third kappa shape index (κ3) is 15.2. The lowest BCUT2D eigenvalue weighted by Crippen LogP contribution is -2.12. The van der Waals surface area contributed by atoms with Crippen molar-refractivity contribution in [3.63, 3.8) is 0 Å². The molecule has 5 nitrogen and oxygen atoms in total. The molecule has 0 amide bonds. The van der Waals surface area contributed by atoms with Gasteiger partial charge in [0.25, 0.3) is 0 Å². The molecule has 0 aliphatic heterocycles. The fourth-order valence-electron chi connectivity index (χ4n) is 2.66. The second-order valence-electron chi connectivity index (χ2n) is 7.42. The van der Waals surface area contributed by atoms with E-state index in [9.17, 15) is 9.46 Å². The van der Waals surface area contributed by atoms with Gasteiger partial charge in [-0.2, -0.15) is 0 Å². The van der Waals surface area contributed by atoms with Crippen molar-refractivity contribution in [2.45, 2.75) is 86.0 Å². The van der Waals surface area contributed by atoms with Gasteiger partial charge in [0, 0.05) is 12.4 Å². The Morgan fingerprint density at radius 2 is 1.36 bits per heavy atom. The second kappa shape index (κ2) is 17.1. The highest BCUT2D eigenvalue weighted by molar-refractivity contribution is 7.47. The molecule has 0 aromatic carbocycles. The molecule has 28 heavy (non-hydrogen) atoms. The highest BCUT2D eigenvalue weighted by Gasteiger charge is 2.24. The van der Waals surface area contributed by atoms with E-state index in [1.54, 1.807) is 12.4 Å². The summed E-state index contributed by atoms with van der Waals surface area (Å²) in [6, 6.07) is 3.94. The summed E-state index contributed by atoms with van der Waals surface area (Å²) >= 11 is 0. The van der Waals surface area contributed by atoms with Crippen molar-refractivity contribution in [3.05, 3.63) is 30.1 Å². The monoisotopic (exact) mass is 415 g/mol. The van der Waals surface area contributed by atoms with Crippen LogP contribution in [0.1, 0.15) is 84.6 Å². The van der Waals surface area contributed by atoms with Crippen molar-refractivity contribution in [2.75, 3.05) is 13.2 Å². The number of phosphoric ester groups is 1. The Hall–Kier alpha value is -0.740. The number of hydrogen-bond donors (Lipinski definition) is 1. The first-order chi connectivity index (χ1) is 13.4. The first-order valence-electron chi connectivity index (χ1n) is 10.9. The van der Waals surface area contributed by atoms with E-state index in [0.29, 0.717) is 25.0 Å². The number of phosphoric acid groups is 1. The number of rotatable bonds is 14. The molecular formula is C22H42NO4P. The normalized spacial score (nSPS) is 15.2. The SMILES string of the molecule is CCCCC(CC)COP(=O)(O)OCC(CC)CCCC.Cc1ccncc1. The van der Waals surface area contributed by atoms with Gasteiger partial charge in [0.15, 0.2) is 0 Å². The minimum Gasteiger partial charge on any atom is -0.302 e. The summed E-state index contributed by atoms with van der Waals surface area (Å²) in [6.45, 7) is 11.1. The van der Waals surface area contributed by atoms with Gasteiger partial charge >= 0.3 is 7.82 Å². The van der Waals surface area contributed by atoms with Crippen molar-refractivity contribution in [1.29, 1.82) is 0 Å². The number of aromatic nitrogens is 1. The van der Waals surface area contributed by atoms with Gasteiger partial charge in [-0.15, -0.1) is 0 Å². The molecule has 1 rings (SSSR count). The summed E-state index contributed by atoms with van der Waals surface area (Å²) in [5.41, 5.74) is 1.26. The van der Waals surface area contributed by atoms with Crippen LogP contribution in [0.15, 0.2) is 24.5 Å². The van der Waals surface area contributed by atoms with Crippen molar-refractivity contribution < 1.29 is 18.5 Å². The molecule has 1 heterocycles. The summed E-state index contributed by atoms with van der Waals surface area (Å²) < 4.78 is 22.2. The van der Waals surface area contributed by atoms with Crippen LogP contribution in [0, 0.1) is 18.8 Å². The van der Waals surface area contributed by atoms with Crippen LogP contribution in [-0.2, 0) is 13.6 Å². The van der Waals surface area contributed by atoms with Crippen LogP contribution >= 0.6 is 7.82 Å². The summed E-state index contributed by atoms with van der Waals surface area (Å²) in [4.78, 5) is 13.6. The van der Waals surface area contributed by atoms with Crippen LogP contribution in [0.3, 0.4) is 0 Å². The molecule has 0 radical (unpaired) electrons. The van der Waals surface area contributed by atoms with Crippen LogP contribution in [-0.4, -0.2) is 23.1 Å². The Labute approximate surface area is 172 Å². The molecule has 0 saturated carbocycles. The van der Waals surface area contributed by atoms with Crippen molar-refractivity contribution in [3.8, 4) is 0 Å². The number of unbranched alkanes of at least 4 members (excludes halogenated alkanes) is 2. The Bertz CT molecular complexity index is 489. The van der Waals surface area contributed by atoms with E-state index in [-0.39, 0.29) is 0 Å². The van der Waals surface area contributed by atoms with E-state index in [1.807, 2.05) is 19.1 Å². The lowest BCUT2D eigenvalue weighted by atomic mass is 10.0. The van der Waals surface area contributed by atoms with Gasteiger partial charge in [0.2, 0.25) is 0 Å². The molecular weight excluding hydrogens is 373 g/mol. The highest BCUT2D eigenvalue weighted by Crippen LogP contribution is 2.44. The molecule has 1 aromatic rings. The maximum Gasteiger partial charge on any atom is 0.472 e. The quantitative estimate of drug-likeness (QED) is 0.333. The van der Waals surface area contributed by atoms with Crippen LogP contribution < -0.4 is 0 Å². The molecule has 6 heteroatoms. The minimum absolute atomic E-state index is 0.316. The van der Waals surface area contributed by atoms with Crippen LogP contribution in [0.2, 0.25) is 0 Å². The summed E-state index contributed by atoms with van der Waals surface area (Å²) in [5, 5.41) is 0. The molecule has 0 aliphatic carbocycles. The zero-order chi connectivity index (χ0) is 21.3. The smallest absolute Gasteiger partial charge is 0.302 e. The standard InChI is InChI=1S/C16H35O4P.C6H7N/c1-5-9-11-15(7-3)13-19-21(17,18)20-14-16(8-4)12-10-6-2;1-6-2-4-7-5-3-6/h15-16H,5-14H2,1-4H3,(H,17,18);2-5H,1H3. The van der Waals surface area contributed by atoms with E-state index in [0.717, 1.165) is 51.4 Å².